The van der Waals surface area contributed by atoms with E-state index in [0.29, 0.717) is 12.4 Å². The molecule has 0 bridgehead atoms. The van der Waals surface area contributed by atoms with Crippen LogP contribution in [0, 0.1) is 0 Å². The highest BCUT2D eigenvalue weighted by Gasteiger charge is 2.19. The molecule has 3 heterocycles. The molecule has 0 fully saturated rings. The van der Waals surface area contributed by atoms with Gasteiger partial charge in [0.05, 0.1) is 5.56 Å². The first-order valence-electron chi connectivity index (χ1n) is 6.87. The van der Waals surface area contributed by atoms with E-state index in [-0.39, 0.29) is 5.91 Å². The van der Waals surface area contributed by atoms with Gasteiger partial charge in [-0.1, -0.05) is 0 Å². The lowest BCUT2D eigenvalue weighted by Gasteiger charge is -2.10. The van der Waals surface area contributed by atoms with Crippen molar-refractivity contribution in [1.29, 1.82) is 0 Å². The molecular formula is C15H17N5O. The van der Waals surface area contributed by atoms with Gasteiger partial charge in [0.2, 0.25) is 0 Å². The van der Waals surface area contributed by atoms with Crippen LogP contribution in [0.5, 0.6) is 0 Å². The number of fused-ring (bicyclic) bond motifs is 1. The number of aromatic nitrogens is 2. The summed E-state index contributed by atoms with van der Waals surface area (Å²) in [6.45, 7) is 4.50. The molecule has 0 saturated heterocycles. The van der Waals surface area contributed by atoms with E-state index in [4.69, 9.17) is 0 Å². The molecule has 3 N–H and O–H groups in total. The number of aromatic amines is 1. The number of H-pyrrole nitrogens is 1. The lowest BCUT2D eigenvalue weighted by Crippen LogP contribution is -2.31. The SMILES string of the molecule is CC(C)=NNc1cc(-c2cc3c([nH]2)CCNC3=O)ccn1. The third-order valence-corrected chi connectivity index (χ3v) is 3.27. The van der Waals surface area contributed by atoms with E-state index >= 15 is 0 Å². The largest absolute Gasteiger partial charge is 0.358 e. The van der Waals surface area contributed by atoms with Gasteiger partial charge in [0, 0.05) is 41.8 Å². The van der Waals surface area contributed by atoms with Crippen molar-refractivity contribution in [3.05, 3.63) is 35.7 Å². The maximum atomic E-state index is 11.8. The molecule has 0 aliphatic carbocycles. The predicted octanol–water partition coefficient (Wildman–Crippen LogP) is 2.17. The Morgan fingerprint density at radius 2 is 2.24 bits per heavy atom. The van der Waals surface area contributed by atoms with Crippen LogP contribution in [0.1, 0.15) is 29.9 Å². The second-order valence-electron chi connectivity index (χ2n) is 5.18. The van der Waals surface area contributed by atoms with Crippen molar-refractivity contribution >= 4 is 17.4 Å². The van der Waals surface area contributed by atoms with Crippen LogP contribution in [-0.2, 0) is 6.42 Å². The van der Waals surface area contributed by atoms with Crippen molar-refractivity contribution in [1.82, 2.24) is 15.3 Å². The number of rotatable bonds is 3. The van der Waals surface area contributed by atoms with Gasteiger partial charge in [-0.3, -0.25) is 10.2 Å². The van der Waals surface area contributed by atoms with E-state index in [0.717, 1.165) is 34.6 Å². The Hall–Kier alpha value is -2.63. The number of nitrogens with one attached hydrogen (secondary N) is 3. The highest BCUT2D eigenvalue weighted by atomic mass is 16.1. The number of nitrogens with zero attached hydrogens (tertiary/aromatic N) is 2. The fourth-order valence-electron chi connectivity index (χ4n) is 2.28. The second-order valence-corrected chi connectivity index (χ2v) is 5.18. The second kappa shape index (κ2) is 5.40. The van der Waals surface area contributed by atoms with Crippen molar-refractivity contribution in [2.45, 2.75) is 20.3 Å². The highest BCUT2D eigenvalue weighted by Crippen LogP contribution is 2.25. The van der Waals surface area contributed by atoms with Gasteiger partial charge in [0.15, 0.2) is 0 Å². The van der Waals surface area contributed by atoms with Gasteiger partial charge in [0.25, 0.3) is 5.91 Å². The normalized spacial score (nSPS) is 13.3. The number of pyridine rings is 1. The van der Waals surface area contributed by atoms with Gasteiger partial charge >= 0.3 is 0 Å². The molecule has 0 saturated carbocycles. The summed E-state index contributed by atoms with van der Waals surface area (Å²) in [6, 6.07) is 5.70. The molecule has 6 heteroatoms. The molecule has 1 aliphatic heterocycles. The summed E-state index contributed by atoms with van der Waals surface area (Å²) in [5, 5.41) is 6.98. The number of amides is 1. The van der Waals surface area contributed by atoms with E-state index in [9.17, 15) is 4.79 Å². The molecule has 108 valence electrons. The van der Waals surface area contributed by atoms with Crippen molar-refractivity contribution in [2.75, 3.05) is 12.0 Å². The summed E-state index contributed by atoms with van der Waals surface area (Å²) < 4.78 is 0. The van der Waals surface area contributed by atoms with Crippen LogP contribution < -0.4 is 10.7 Å². The third-order valence-electron chi connectivity index (χ3n) is 3.27. The van der Waals surface area contributed by atoms with E-state index in [2.05, 4.69) is 25.8 Å². The van der Waals surface area contributed by atoms with Gasteiger partial charge in [-0.15, -0.1) is 0 Å². The van der Waals surface area contributed by atoms with Crippen LogP contribution in [0.2, 0.25) is 0 Å². The van der Waals surface area contributed by atoms with Gasteiger partial charge in [0.1, 0.15) is 5.82 Å². The van der Waals surface area contributed by atoms with Crippen molar-refractivity contribution in [3.8, 4) is 11.3 Å². The smallest absolute Gasteiger partial charge is 0.253 e. The molecule has 6 nitrogen and oxygen atoms in total. The first-order chi connectivity index (χ1) is 10.1. The van der Waals surface area contributed by atoms with Gasteiger partial charge < -0.3 is 10.3 Å². The van der Waals surface area contributed by atoms with Crippen LogP contribution in [0.3, 0.4) is 0 Å². The van der Waals surface area contributed by atoms with Crippen LogP contribution >= 0.6 is 0 Å². The van der Waals surface area contributed by atoms with E-state index < -0.39 is 0 Å². The van der Waals surface area contributed by atoms with Crippen molar-refractivity contribution in [2.24, 2.45) is 5.10 Å². The fraction of sp³-hybridized carbons (Fsp3) is 0.267. The Kier molecular flexibility index (Phi) is 3.43. The minimum Gasteiger partial charge on any atom is -0.358 e. The van der Waals surface area contributed by atoms with Crippen LogP contribution in [0.25, 0.3) is 11.3 Å². The maximum Gasteiger partial charge on any atom is 0.253 e. The molecular weight excluding hydrogens is 266 g/mol. The minimum absolute atomic E-state index is 0.0163. The lowest BCUT2D eigenvalue weighted by atomic mass is 10.1. The molecule has 2 aromatic rings. The van der Waals surface area contributed by atoms with Crippen LogP contribution in [0.15, 0.2) is 29.5 Å². The highest BCUT2D eigenvalue weighted by molar-refractivity contribution is 5.97. The Labute approximate surface area is 122 Å². The standard InChI is InChI=1S/C15H17N5O/c1-9(2)19-20-14-7-10(3-5-16-14)13-8-11-12(18-13)4-6-17-15(11)21/h3,5,7-8,18H,4,6H2,1-2H3,(H,16,20)(H,17,21). The molecule has 2 aromatic heterocycles. The molecule has 1 aliphatic rings. The molecule has 21 heavy (non-hydrogen) atoms. The molecule has 0 unspecified atom stereocenters. The maximum absolute atomic E-state index is 11.8. The van der Waals surface area contributed by atoms with E-state index in [1.807, 2.05) is 32.0 Å². The zero-order valence-corrected chi connectivity index (χ0v) is 12.0. The van der Waals surface area contributed by atoms with Crippen LogP contribution in [0.4, 0.5) is 5.82 Å². The number of carbonyl (C=O) groups is 1. The van der Waals surface area contributed by atoms with E-state index in [1.165, 1.54) is 0 Å². The number of hydrogen-bond acceptors (Lipinski definition) is 4. The molecule has 3 rings (SSSR count). The minimum atomic E-state index is -0.0163. The Balaban J connectivity index is 1.92. The monoisotopic (exact) mass is 283 g/mol. The summed E-state index contributed by atoms with van der Waals surface area (Å²) >= 11 is 0. The number of anilines is 1. The first kappa shape index (κ1) is 13.4. The molecule has 0 aromatic carbocycles. The van der Waals surface area contributed by atoms with Gasteiger partial charge in [-0.05, 0) is 32.0 Å². The molecule has 0 radical (unpaired) electrons. The molecule has 0 atom stereocenters. The van der Waals surface area contributed by atoms with Gasteiger partial charge in [-0.2, -0.15) is 5.10 Å². The van der Waals surface area contributed by atoms with Crippen LogP contribution in [-0.4, -0.2) is 28.1 Å². The van der Waals surface area contributed by atoms with Crippen molar-refractivity contribution < 1.29 is 4.79 Å². The molecule has 0 spiro atoms. The summed E-state index contributed by atoms with van der Waals surface area (Å²) in [7, 11) is 0. The van der Waals surface area contributed by atoms with E-state index in [1.54, 1.807) is 6.20 Å². The average molecular weight is 283 g/mol. The molecule has 1 amide bonds. The number of hydrogen-bond donors (Lipinski definition) is 3. The summed E-state index contributed by atoms with van der Waals surface area (Å²) in [5.41, 5.74) is 7.44. The Bertz CT molecular complexity index is 713. The summed E-state index contributed by atoms with van der Waals surface area (Å²) in [6.07, 6.45) is 2.55. The topological polar surface area (TPSA) is 82.2 Å². The quantitative estimate of drug-likeness (QED) is 0.596. The zero-order valence-electron chi connectivity index (χ0n) is 12.0. The summed E-state index contributed by atoms with van der Waals surface area (Å²) in [5.74, 6) is 0.656. The van der Waals surface area contributed by atoms with Crippen molar-refractivity contribution in [3.63, 3.8) is 0 Å². The van der Waals surface area contributed by atoms with Gasteiger partial charge in [-0.25, -0.2) is 4.98 Å². The lowest BCUT2D eigenvalue weighted by molar-refractivity contribution is 0.0946. The summed E-state index contributed by atoms with van der Waals surface area (Å²) in [4.78, 5) is 19.3. The number of hydrazone groups is 1. The Morgan fingerprint density at radius 1 is 1.38 bits per heavy atom. The predicted molar refractivity (Wildman–Crippen MR) is 82.5 cm³/mol. The Morgan fingerprint density at radius 3 is 3.00 bits per heavy atom. The number of carbonyl (C=O) groups excluding carboxylic acids is 1. The average Bonchev–Trinajstić information content (AvgIpc) is 2.91. The fourth-order valence-corrected chi connectivity index (χ4v) is 2.28. The third kappa shape index (κ3) is 2.79. The first-order valence-corrected chi connectivity index (χ1v) is 6.87. The zero-order chi connectivity index (χ0) is 14.8.